The van der Waals surface area contributed by atoms with Crippen molar-refractivity contribution in [3.8, 4) is 0 Å². The van der Waals surface area contributed by atoms with Crippen molar-refractivity contribution >= 4 is 21.6 Å². The fourth-order valence-corrected chi connectivity index (χ4v) is 2.37. The average molecular weight is 324 g/mol. The van der Waals surface area contributed by atoms with Gasteiger partial charge in [0.05, 0.1) is 17.7 Å². The molecule has 1 aromatic carbocycles. The second kappa shape index (κ2) is 5.09. The minimum atomic E-state index is -4.36. The molecular weight excluding hydrogens is 311 g/mol. The van der Waals surface area contributed by atoms with E-state index in [0.717, 1.165) is 6.07 Å². The van der Waals surface area contributed by atoms with Crippen LogP contribution in [0.5, 0.6) is 0 Å². The second-order valence-corrected chi connectivity index (χ2v) is 5.22. The molecule has 0 aromatic heterocycles. The van der Waals surface area contributed by atoms with Gasteiger partial charge in [0.15, 0.2) is 0 Å². The van der Waals surface area contributed by atoms with Gasteiger partial charge in [-0.2, -0.15) is 13.2 Å². The summed E-state index contributed by atoms with van der Waals surface area (Å²) < 4.78 is 44.5. The van der Waals surface area contributed by atoms with Crippen LogP contribution in [0.25, 0.3) is 0 Å². The first-order valence-electron chi connectivity index (χ1n) is 5.63. The third-order valence-corrected chi connectivity index (χ3v) is 3.50. The molecule has 0 bridgehead atoms. The maximum atomic E-state index is 12.9. The van der Waals surface area contributed by atoms with Crippen molar-refractivity contribution in [3.05, 3.63) is 28.2 Å². The van der Waals surface area contributed by atoms with Crippen molar-refractivity contribution in [1.82, 2.24) is 0 Å². The van der Waals surface area contributed by atoms with Gasteiger partial charge in [-0.1, -0.05) is 15.9 Å². The van der Waals surface area contributed by atoms with Gasteiger partial charge in [0.1, 0.15) is 0 Å². The van der Waals surface area contributed by atoms with E-state index in [-0.39, 0.29) is 17.8 Å². The second-order valence-electron chi connectivity index (χ2n) is 4.30. The third kappa shape index (κ3) is 2.98. The molecule has 1 fully saturated rings. The predicted octanol–water partition coefficient (Wildman–Crippen LogP) is 4.06. The normalized spacial score (nSPS) is 24.3. The average Bonchev–Trinajstić information content (AvgIpc) is 2.62. The Morgan fingerprint density at radius 1 is 1.39 bits per heavy atom. The number of anilines is 1. The quantitative estimate of drug-likeness (QED) is 0.886. The summed E-state index contributed by atoms with van der Waals surface area (Å²) in [6, 6.07) is 3.84. The van der Waals surface area contributed by atoms with Gasteiger partial charge in [-0.15, -0.1) is 0 Å². The SMILES string of the molecule is CC1OCCC1Nc1cc(Br)ccc1C(F)(F)F. The van der Waals surface area contributed by atoms with Crippen molar-refractivity contribution in [3.63, 3.8) is 0 Å². The monoisotopic (exact) mass is 323 g/mol. The molecule has 0 saturated carbocycles. The Bertz CT molecular complexity index is 436. The lowest BCUT2D eigenvalue weighted by Gasteiger charge is -2.21. The van der Waals surface area contributed by atoms with Crippen LogP contribution in [-0.4, -0.2) is 18.8 Å². The number of alkyl halides is 3. The summed E-state index contributed by atoms with van der Waals surface area (Å²) in [7, 11) is 0. The number of ether oxygens (including phenoxy) is 1. The van der Waals surface area contributed by atoms with E-state index >= 15 is 0 Å². The minimum absolute atomic E-state index is 0.0786. The van der Waals surface area contributed by atoms with Crippen LogP contribution in [0.4, 0.5) is 18.9 Å². The number of halogens is 4. The highest BCUT2D eigenvalue weighted by Gasteiger charge is 2.35. The zero-order valence-corrected chi connectivity index (χ0v) is 11.3. The fourth-order valence-electron chi connectivity index (χ4n) is 2.00. The van der Waals surface area contributed by atoms with E-state index in [1.54, 1.807) is 0 Å². The van der Waals surface area contributed by atoms with E-state index in [9.17, 15) is 13.2 Å². The molecule has 1 heterocycles. The Kier molecular flexibility index (Phi) is 3.87. The van der Waals surface area contributed by atoms with Gasteiger partial charge >= 0.3 is 6.18 Å². The van der Waals surface area contributed by atoms with E-state index < -0.39 is 11.7 Å². The van der Waals surface area contributed by atoms with Gasteiger partial charge in [0.2, 0.25) is 0 Å². The number of benzene rings is 1. The molecule has 6 heteroatoms. The first kappa shape index (κ1) is 13.7. The van der Waals surface area contributed by atoms with Crippen LogP contribution in [0, 0.1) is 0 Å². The molecule has 2 rings (SSSR count). The fraction of sp³-hybridized carbons (Fsp3) is 0.500. The molecule has 0 aliphatic carbocycles. The standard InChI is InChI=1S/C12H13BrF3NO/c1-7-10(4-5-18-7)17-11-6-8(13)2-3-9(11)12(14,15)16/h2-3,6-7,10,17H,4-5H2,1H3. The molecule has 18 heavy (non-hydrogen) atoms. The van der Waals surface area contributed by atoms with E-state index in [0.29, 0.717) is 17.5 Å². The summed E-state index contributed by atoms with van der Waals surface area (Å²) in [5, 5.41) is 2.93. The van der Waals surface area contributed by atoms with Crippen LogP contribution in [0.15, 0.2) is 22.7 Å². The van der Waals surface area contributed by atoms with Crippen LogP contribution in [0.3, 0.4) is 0 Å². The number of hydrogen-bond donors (Lipinski definition) is 1. The van der Waals surface area contributed by atoms with E-state index in [1.165, 1.54) is 12.1 Å². The van der Waals surface area contributed by atoms with Crippen LogP contribution >= 0.6 is 15.9 Å². The van der Waals surface area contributed by atoms with Crippen molar-refractivity contribution in [2.45, 2.75) is 31.7 Å². The van der Waals surface area contributed by atoms with Gasteiger partial charge < -0.3 is 10.1 Å². The molecule has 2 unspecified atom stereocenters. The highest BCUT2D eigenvalue weighted by molar-refractivity contribution is 9.10. The summed E-state index contributed by atoms with van der Waals surface area (Å²) in [6.07, 6.45) is -3.72. The van der Waals surface area contributed by atoms with Crippen LogP contribution < -0.4 is 5.32 Å². The molecule has 0 spiro atoms. The Balaban J connectivity index is 2.28. The van der Waals surface area contributed by atoms with Gasteiger partial charge in [0.25, 0.3) is 0 Å². The molecule has 1 aliphatic rings. The van der Waals surface area contributed by atoms with E-state index in [4.69, 9.17) is 4.74 Å². The Hall–Kier alpha value is -0.750. The minimum Gasteiger partial charge on any atom is -0.379 e. The predicted molar refractivity (Wildman–Crippen MR) is 66.6 cm³/mol. The Morgan fingerprint density at radius 3 is 2.67 bits per heavy atom. The van der Waals surface area contributed by atoms with E-state index in [2.05, 4.69) is 21.2 Å². The Morgan fingerprint density at radius 2 is 2.11 bits per heavy atom. The molecule has 0 amide bonds. The van der Waals surface area contributed by atoms with Crippen molar-refractivity contribution in [1.29, 1.82) is 0 Å². The lowest BCUT2D eigenvalue weighted by Crippen LogP contribution is -2.28. The van der Waals surface area contributed by atoms with Gasteiger partial charge in [-0.25, -0.2) is 0 Å². The topological polar surface area (TPSA) is 21.3 Å². The number of rotatable bonds is 2. The summed E-state index contributed by atoms with van der Waals surface area (Å²) in [4.78, 5) is 0. The molecule has 100 valence electrons. The highest BCUT2D eigenvalue weighted by atomic mass is 79.9. The van der Waals surface area contributed by atoms with Crippen LogP contribution in [0.1, 0.15) is 18.9 Å². The molecule has 1 saturated heterocycles. The lowest BCUT2D eigenvalue weighted by atomic mass is 10.1. The molecule has 1 N–H and O–H groups in total. The van der Waals surface area contributed by atoms with Crippen molar-refractivity contribution < 1.29 is 17.9 Å². The van der Waals surface area contributed by atoms with Gasteiger partial charge in [0, 0.05) is 16.8 Å². The molecule has 2 atom stereocenters. The van der Waals surface area contributed by atoms with Crippen LogP contribution in [0.2, 0.25) is 0 Å². The summed E-state index contributed by atoms with van der Waals surface area (Å²) in [5.74, 6) is 0. The molecule has 0 radical (unpaired) electrons. The molecular formula is C12H13BrF3NO. The number of nitrogens with one attached hydrogen (secondary N) is 1. The van der Waals surface area contributed by atoms with Crippen molar-refractivity contribution in [2.75, 3.05) is 11.9 Å². The van der Waals surface area contributed by atoms with Crippen LogP contribution in [-0.2, 0) is 10.9 Å². The van der Waals surface area contributed by atoms with Gasteiger partial charge in [-0.05, 0) is 31.5 Å². The maximum absolute atomic E-state index is 12.9. The first-order valence-corrected chi connectivity index (χ1v) is 6.42. The molecule has 1 aromatic rings. The zero-order chi connectivity index (χ0) is 13.3. The molecule has 1 aliphatic heterocycles. The first-order chi connectivity index (χ1) is 8.38. The third-order valence-electron chi connectivity index (χ3n) is 3.00. The van der Waals surface area contributed by atoms with E-state index in [1.807, 2.05) is 6.92 Å². The lowest BCUT2D eigenvalue weighted by molar-refractivity contribution is -0.137. The van der Waals surface area contributed by atoms with Crippen molar-refractivity contribution in [2.24, 2.45) is 0 Å². The highest BCUT2D eigenvalue weighted by Crippen LogP contribution is 2.37. The Labute approximate surface area is 112 Å². The number of hydrogen-bond acceptors (Lipinski definition) is 2. The summed E-state index contributed by atoms with van der Waals surface area (Å²) >= 11 is 3.19. The largest absolute Gasteiger partial charge is 0.418 e. The summed E-state index contributed by atoms with van der Waals surface area (Å²) in [5.41, 5.74) is -0.552. The van der Waals surface area contributed by atoms with Gasteiger partial charge in [-0.3, -0.25) is 0 Å². The molecule has 2 nitrogen and oxygen atoms in total. The summed E-state index contributed by atoms with van der Waals surface area (Å²) in [6.45, 7) is 2.43. The maximum Gasteiger partial charge on any atom is 0.418 e. The smallest absolute Gasteiger partial charge is 0.379 e. The zero-order valence-electron chi connectivity index (χ0n) is 9.72.